The first-order chi connectivity index (χ1) is 12.3. The molecule has 0 atom stereocenters. The van der Waals surface area contributed by atoms with E-state index in [9.17, 15) is 4.79 Å². The van der Waals surface area contributed by atoms with E-state index in [2.05, 4.69) is 39.4 Å². The second-order valence-corrected chi connectivity index (χ2v) is 6.92. The fourth-order valence-corrected chi connectivity index (χ4v) is 3.73. The molecular weight excluding hydrogens is 312 g/mol. The van der Waals surface area contributed by atoms with Gasteiger partial charge in [0.1, 0.15) is 0 Å². The van der Waals surface area contributed by atoms with E-state index in [0.29, 0.717) is 5.69 Å². The van der Waals surface area contributed by atoms with Crippen LogP contribution in [0.4, 0.5) is 5.82 Å². The van der Waals surface area contributed by atoms with Gasteiger partial charge in [0.25, 0.3) is 5.91 Å². The zero-order valence-corrected chi connectivity index (χ0v) is 14.5. The molecule has 3 heterocycles. The van der Waals surface area contributed by atoms with E-state index in [0.717, 1.165) is 51.3 Å². The summed E-state index contributed by atoms with van der Waals surface area (Å²) in [6.07, 6.45) is 5.62. The summed E-state index contributed by atoms with van der Waals surface area (Å²) in [7, 11) is 0. The summed E-state index contributed by atoms with van der Waals surface area (Å²) in [6.45, 7) is 3.46. The molecule has 0 unspecified atom stereocenters. The Morgan fingerprint density at radius 2 is 1.60 bits per heavy atom. The zero-order valence-electron chi connectivity index (χ0n) is 14.5. The lowest BCUT2D eigenvalue weighted by atomic mass is 10.00. The van der Waals surface area contributed by atoms with E-state index in [1.807, 2.05) is 17.0 Å². The summed E-state index contributed by atoms with van der Waals surface area (Å²) in [4.78, 5) is 16.8. The van der Waals surface area contributed by atoms with E-state index < -0.39 is 0 Å². The zero-order chi connectivity index (χ0) is 17.1. The minimum Gasteiger partial charge on any atom is -0.350 e. The Balaban J connectivity index is 1.46. The van der Waals surface area contributed by atoms with Crippen LogP contribution in [0.5, 0.6) is 0 Å². The van der Waals surface area contributed by atoms with Crippen LogP contribution in [0.15, 0.2) is 36.4 Å². The van der Waals surface area contributed by atoms with Crippen LogP contribution in [0.1, 0.15) is 47.3 Å². The van der Waals surface area contributed by atoms with Crippen molar-refractivity contribution in [1.82, 2.24) is 15.1 Å². The number of aromatic nitrogens is 2. The third-order valence-corrected chi connectivity index (χ3v) is 5.22. The van der Waals surface area contributed by atoms with Gasteiger partial charge in [-0.2, -0.15) is 0 Å². The molecule has 4 rings (SSSR count). The minimum atomic E-state index is 0.0185. The van der Waals surface area contributed by atoms with Gasteiger partial charge in [-0.05, 0) is 42.5 Å². The molecular formula is C20H24N4O. The lowest BCUT2D eigenvalue weighted by molar-refractivity contribution is 0.0754. The Kier molecular flexibility index (Phi) is 4.63. The second kappa shape index (κ2) is 7.21. The quantitative estimate of drug-likeness (QED) is 0.846. The molecule has 0 radical (unpaired) electrons. The summed E-state index contributed by atoms with van der Waals surface area (Å²) < 4.78 is 0. The average molecular weight is 336 g/mol. The van der Waals surface area contributed by atoms with Crippen LogP contribution in [-0.4, -0.2) is 40.6 Å². The van der Waals surface area contributed by atoms with Gasteiger partial charge in [-0.1, -0.05) is 37.1 Å². The smallest absolute Gasteiger partial charge is 0.274 e. The summed E-state index contributed by atoms with van der Waals surface area (Å²) >= 11 is 0. The van der Waals surface area contributed by atoms with Crippen molar-refractivity contribution in [3.63, 3.8) is 0 Å². The number of hydrogen-bond acceptors (Lipinski definition) is 4. The fraction of sp³-hybridized carbons (Fsp3) is 0.450. The van der Waals surface area contributed by atoms with Gasteiger partial charge in [0.15, 0.2) is 11.5 Å². The lowest BCUT2D eigenvalue weighted by Gasteiger charge is -2.29. The normalized spacial score (nSPS) is 17.8. The molecule has 0 aliphatic carbocycles. The fourth-order valence-electron chi connectivity index (χ4n) is 3.73. The molecule has 2 aromatic rings. The Morgan fingerprint density at radius 3 is 2.32 bits per heavy atom. The van der Waals surface area contributed by atoms with Gasteiger partial charge < -0.3 is 9.80 Å². The number of rotatable bonds is 2. The highest BCUT2D eigenvalue weighted by Crippen LogP contribution is 2.22. The number of amides is 1. The van der Waals surface area contributed by atoms with Crippen molar-refractivity contribution >= 4 is 11.7 Å². The first-order valence-electron chi connectivity index (χ1n) is 9.26. The topological polar surface area (TPSA) is 49.3 Å². The van der Waals surface area contributed by atoms with Gasteiger partial charge >= 0.3 is 0 Å². The molecule has 1 saturated heterocycles. The molecule has 0 spiro atoms. The van der Waals surface area contributed by atoms with Crippen LogP contribution in [-0.2, 0) is 13.0 Å². The van der Waals surface area contributed by atoms with Crippen LogP contribution >= 0.6 is 0 Å². The molecule has 1 aromatic heterocycles. The second-order valence-electron chi connectivity index (χ2n) is 6.92. The van der Waals surface area contributed by atoms with Crippen LogP contribution in [0.3, 0.4) is 0 Å². The van der Waals surface area contributed by atoms with Crippen molar-refractivity contribution in [2.45, 2.75) is 38.6 Å². The number of fused-ring (bicyclic) bond motifs is 1. The molecule has 2 aliphatic rings. The van der Waals surface area contributed by atoms with E-state index in [-0.39, 0.29) is 5.91 Å². The number of carbonyl (C=O) groups excluding carboxylic acids is 1. The van der Waals surface area contributed by atoms with Crippen LogP contribution < -0.4 is 4.90 Å². The maximum Gasteiger partial charge on any atom is 0.274 e. The van der Waals surface area contributed by atoms with E-state index in [4.69, 9.17) is 0 Å². The van der Waals surface area contributed by atoms with Gasteiger partial charge in [0.05, 0.1) is 0 Å². The third-order valence-electron chi connectivity index (χ3n) is 5.22. The van der Waals surface area contributed by atoms with Crippen molar-refractivity contribution < 1.29 is 4.79 Å². The molecule has 5 nitrogen and oxygen atoms in total. The van der Waals surface area contributed by atoms with Crippen molar-refractivity contribution in [3.05, 3.63) is 53.2 Å². The van der Waals surface area contributed by atoms with E-state index >= 15 is 0 Å². The largest absolute Gasteiger partial charge is 0.350 e. The van der Waals surface area contributed by atoms with Gasteiger partial charge in [-0.15, -0.1) is 10.2 Å². The molecule has 1 amide bonds. The van der Waals surface area contributed by atoms with Crippen molar-refractivity contribution in [2.75, 3.05) is 24.5 Å². The van der Waals surface area contributed by atoms with Crippen molar-refractivity contribution in [3.8, 4) is 0 Å². The van der Waals surface area contributed by atoms with Crippen molar-refractivity contribution in [2.24, 2.45) is 0 Å². The van der Waals surface area contributed by atoms with Gasteiger partial charge in [0, 0.05) is 26.2 Å². The standard InChI is InChI=1S/C20H24N4O/c25-20(23-12-5-1-2-6-13-23)18-9-10-19(22-21-18)24-14-11-16-7-3-4-8-17(16)15-24/h3-4,7-10H,1-2,5-6,11-15H2. The highest BCUT2D eigenvalue weighted by Gasteiger charge is 2.21. The monoisotopic (exact) mass is 336 g/mol. The molecule has 1 fully saturated rings. The van der Waals surface area contributed by atoms with E-state index in [1.54, 1.807) is 0 Å². The maximum atomic E-state index is 12.6. The van der Waals surface area contributed by atoms with Gasteiger partial charge in [0.2, 0.25) is 0 Å². The van der Waals surface area contributed by atoms with Gasteiger partial charge in [-0.3, -0.25) is 4.79 Å². The highest BCUT2D eigenvalue weighted by molar-refractivity contribution is 5.92. The van der Waals surface area contributed by atoms with Crippen molar-refractivity contribution in [1.29, 1.82) is 0 Å². The number of anilines is 1. The number of likely N-dealkylation sites (tertiary alicyclic amines) is 1. The number of nitrogens with zero attached hydrogens (tertiary/aromatic N) is 4. The van der Waals surface area contributed by atoms with E-state index in [1.165, 1.54) is 24.0 Å². The third kappa shape index (κ3) is 3.50. The Bertz CT molecular complexity index is 736. The molecule has 0 saturated carbocycles. The lowest BCUT2D eigenvalue weighted by Crippen LogP contribution is -2.33. The predicted molar refractivity (Wildman–Crippen MR) is 97.6 cm³/mol. The summed E-state index contributed by atoms with van der Waals surface area (Å²) in [6, 6.07) is 12.3. The Hall–Kier alpha value is -2.43. The van der Waals surface area contributed by atoms with Crippen LogP contribution in [0.25, 0.3) is 0 Å². The minimum absolute atomic E-state index is 0.0185. The molecule has 25 heavy (non-hydrogen) atoms. The number of benzene rings is 1. The Labute approximate surface area is 148 Å². The summed E-state index contributed by atoms with van der Waals surface area (Å²) in [5, 5.41) is 8.58. The number of carbonyl (C=O) groups is 1. The predicted octanol–water partition coefficient (Wildman–Crippen LogP) is 3.06. The van der Waals surface area contributed by atoms with Crippen LogP contribution in [0.2, 0.25) is 0 Å². The number of hydrogen-bond donors (Lipinski definition) is 0. The molecule has 2 aliphatic heterocycles. The summed E-state index contributed by atoms with van der Waals surface area (Å²) in [5.74, 6) is 0.867. The highest BCUT2D eigenvalue weighted by atomic mass is 16.2. The van der Waals surface area contributed by atoms with Crippen LogP contribution in [0, 0.1) is 0 Å². The molecule has 0 bridgehead atoms. The molecule has 5 heteroatoms. The Morgan fingerprint density at radius 1 is 0.840 bits per heavy atom. The first-order valence-corrected chi connectivity index (χ1v) is 9.26. The maximum absolute atomic E-state index is 12.6. The molecule has 0 N–H and O–H groups in total. The first kappa shape index (κ1) is 16.1. The average Bonchev–Trinajstić information content (AvgIpc) is 2.97. The molecule has 130 valence electrons. The summed E-state index contributed by atoms with van der Waals surface area (Å²) in [5.41, 5.74) is 3.22. The molecule has 1 aromatic carbocycles. The SMILES string of the molecule is O=C(c1ccc(N2CCc3ccccc3C2)nn1)N1CCCCCC1. The van der Waals surface area contributed by atoms with Gasteiger partial charge in [-0.25, -0.2) is 0 Å².